The number of hydrogen-bond acceptors (Lipinski definition) is 2. The van der Waals surface area contributed by atoms with Crippen LogP contribution >= 0.6 is 11.6 Å². The molecule has 0 saturated heterocycles. The van der Waals surface area contributed by atoms with Crippen LogP contribution in [0.4, 0.5) is 5.69 Å². The van der Waals surface area contributed by atoms with Gasteiger partial charge in [0.05, 0.1) is 5.02 Å². The van der Waals surface area contributed by atoms with Crippen molar-refractivity contribution in [3.63, 3.8) is 0 Å². The van der Waals surface area contributed by atoms with Gasteiger partial charge in [-0.25, -0.2) is 0 Å². The maximum absolute atomic E-state index is 6.03. The zero-order valence-electron chi connectivity index (χ0n) is 7.26. The molecule has 0 aliphatic rings. The number of nitrogens with two attached hydrogens (primary N) is 2. The van der Waals surface area contributed by atoms with Gasteiger partial charge in [0.15, 0.2) is 0 Å². The first-order valence-corrected chi connectivity index (χ1v) is 4.22. The van der Waals surface area contributed by atoms with Gasteiger partial charge in [0, 0.05) is 11.7 Å². The van der Waals surface area contributed by atoms with Gasteiger partial charge in [0.1, 0.15) is 0 Å². The van der Waals surface area contributed by atoms with E-state index in [1.807, 2.05) is 26.0 Å². The number of anilines is 1. The third-order valence-corrected chi connectivity index (χ3v) is 2.45. The molecule has 4 N–H and O–H groups in total. The van der Waals surface area contributed by atoms with E-state index in [1.165, 1.54) is 0 Å². The highest BCUT2D eigenvalue weighted by atomic mass is 35.5. The van der Waals surface area contributed by atoms with E-state index >= 15 is 0 Å². The molecule has 0 bridgehead atoms. The van der Waals surface area contributed by atoms with Crippen molar-refractivity contribution >= 4 is 17.3 Å². The molecule has 1 aromatic rings. The zero-order valence-corrected chi connectivity index (χ0v) is 8.02. The molecule has 2 nitrogen and oxygen atoms in total. The van der Waals surface area contributed by atoms with E-state index in [-0.39, 0.29) is 6.04 Å². The molecule has 1 atom stereocenters. The molecule has 0 heterocycles. The number of halogens is 1. The fourth-order valence-corrected chi connectivity index (χ4v) is 1.42. The number of rotatable bonds is 1. The van der Waals surface area contributed by atoms with E-state index in [0.29, 0.717) is 10.7 Å². The van der Waals surface area contributed by atoms with Crippen LogP contribution in [0.1, 0.15) is 24.1 Å². The summed E-state index contributed by atoms with van der Waals surface area (Å²) < 4.78 is 0. The Labute approximate surface area is 77.5 Å². The molecular formula is C9H13ClN2. The summed E-state index contributed by atoms with van der Waals surface area (Å²) >= 11 is 6.03. The summed E-state index contributed by atoms with van der Waals surface area (Å²) in [5.41, 5.74) is 13.9. The molecule has 0 aliphatic heterocycles. The van der Waals surface area contributed by atoms with Crippen LogP contribution in [-0.2, 0) is 0 Å². The lowest BCUT2D eigenvalue weighted by atomic mass is 10.1. The Balaban J connectivity index is 3.27. The Kier molecular flexibility index (Phi) is 2.60. The number of benzene rings is 1. The second-order valence-electron chi connectivity index (χ2n) is 2.97. The van der Waals surface area contributed by atoms with E-state index < -0.39 is 0 Å². The Morgan fingerprint density at radius 1 is 1.42 bits per heavy atom. The summed E-state index contributed by atoms with van der Waals surface area (Å²) in [6.45, 7) is 3.79. The van der Waals surface area contributed by atoms with Gasteiger partial charge in [-0.15, -0.1) is 0 Å². The van der Waals surface area contributed by atoms with Crippen LogP contribution in [0.3, 0.4) is 0 Å². The molecule has 0 radical (unpaired) electrons. The lowest BCUT2D eigenvalue weighted by molar-refractivity contribution is 0.817. The fourth-order valence-electron chi connectivity index (χ4n) is 1.07. The molecule has 3 heteroatoms. The molecule has 0 aliphatic carbocycles. The summed E-state index contributed by atoms with van der Waals surface area (Å²) in [4.78, 5) is 0. The lowest BCUT2D eigenvalue weighted by Crippen LogP contribution is -2.06. The van der Waals surface area contributed by atoms with E-state index in [9.17, 15) is 0 Å². The molecule has 0 aromatic heterocycles. The van der Waals surface area contributed by atoms with Crippen LogP contribution in [0.15, 0.2) is 12.1 Å². The maximum atomic E-state index is 6.03. The van der Waals surface area contributed by atoms with Gasteiger partial charge in [-0.05, 0) is 31.0 Å². The predicted octanol–water partition coefficient (Wildman–Crippen LogP) is 2.25. The third-order valence-electron chi connectivity index (χ3n) is 1.95. The first-order chi connectivity index (χ1) is 5.54. The zero-order chi connectivity index (χ0) is 9.30. The largest absolute Gasteiger partial charge is 0.398 e. The summed E-state index contributed by atoms with van der Waals surface area (Å²) in [5.74, 6) is 0. The van der Waals surface area contributed by atoms with Crippen LogP contribution in [-0.4, -0.2) is 0 Å². The first-order valence-electron chi connectivity index (χ1n) is 3.84. The van der Waals surface area contributed by atoms with Crippen LogP contribution in [0.5, 0.6) is 0 Å². The molecule has 0 fully saturated rings. The average molecular weight is 185 g/mol. The van der Waals surface area contributed by atoms with Crippen molar-refractivity contribution in [2.24, 2.45) is 5.73 Å². The predicted molar refractivity (Wildman–Crippen MR) is 53.2 cm³/mol. The average Bonchev–Trinajstić information content (AvgIpc) is 2.00. The summed E-state index contributed by atoms with van der Waals surface area (Å²) in [7, 11) is 0. The monoisotopic (exact) mass is 184 g/mol. The van der Waals surface area contributed by atoms with Gasteiger partial charge in [-0.2, -0.15) is 0 Å². The molecule has 12 heavy (non-hydrogen) atoms. The Morgan fingerprint density at radius 3 is 2.50 bits per heavy atom. The van der Waals surface area contributed by atoms with Crippen LogP contribution in [0.25, 0.3) is 0 Å². The molecule has 66 valence electrons. The molecule has 0 unspecified atom stereocenters. The van der Waals surface area contributed by atoms with Crippen LogP contribution in [0.2, 0.25) is 5.02 Å². The number of nitrogen functional groups attached to an aromatic ring is 1. The lowest BCUT2D eigenvalue weighted by Gasteiger charge is -2.11. The fraction of sp³-hybridized carbons (Fsp3) is 0.333. The van der Waals surface area contributed by atoms with Gasteiger partial charge in [0.25, 0.3) is 0 Å². The highest BCUT2D eigenvalue weighted by molar-refractivity contribution is 6.32. The minimum atomic E-state index is -0.0446. The van der Waals surface area contributed by atoms with Gasteiger partial charge in [0.2, 0.25) is 0 Å². The van der Waals surface area contributed by atoms with Crippen molar-refractivity contribution in [1.82, 2.24) is 0 Å². The SMILES string of the molecule is Cc1c(N)ccc([C@@H](C)N)c1Cl. The second kappa shape index (κ2) is 3.33. The van der Waals surface area contributed by atoms with Crippen molar-refractivity contribution in [3.8, 4) is 0 Å². The van der Waals surface area contributed by atoms with Gasteiger partial charge >= 0.3 is 0 Å². The minimum absolute atomic E-state index is 0.0446. The van der Waals surface area contributed by atoms with Crippen molar-refractivity contribution in [1.29, 1.82) is 0 Å². The molecule has 1 rings (SSSR count). The first kappa shape index (κ1) is 9.36. The van der Waals surface area contributed by atoms with Crippen LogP contribution < -0.4 is 11.5 Å². The third kappa shape index (κ3) is 1.54. The van der Waals surface area contributed by atoms with E-state index in [4.69, 9.17) is 23.1 Å². The Morgan fingerprint density at radius 2 is 2.00 bits per heavy atom. The number of hydrogen-bond donors (Lipinski definition) is 2. The summed E-state index contributed by atoms with van der Waals surface area (Å²) in [6.07, 6.45) is 0. The van der Waals surface area contributed by atoms with Gasteiger partial charge < -0.3 is 11.5 Å². The quantitative estimate of drug-likeness (QED) is 0.658. The normalized spacial score (nSPS) is 13.0. The molecule has 1 aromatic carbocycles. The molecule has 0 amide bonds. The molecule has 0 spiro atoms. The van der Waals surface area contributed by atoms with Gasteiger partial charge in [-0.3, -0.25) is 0 Å². The second-order valence-corrected chi connectivity index (χ2v) is 3.35. The van der Waals surface area contributed by atoms with Crippen molar-refractivity contribution in [2.45, 2.75) is 19.9 Å². The van der Waals surface area contributed by atoms with Crippen molar-refractivity contribution in [3.05, 3.63) is 28.3 Å². The van der Waals surface area contributed by atoms with Crippen LogP contribution in [0, 0.1) is 6.92 Å². The smallest absolute Gasteiger partial charge is 0.0503 e. The molecular weight excluding hydrogens is 172 g/mol. The van der Waals surface area contributed by atoms with E-state index in [2.05, 4.69) is 0 Å². The summed E-state index contributed by atoms with van der Waals surface area (Å²) in [6, 6.07) is 3.66. The Bertz CT molecular complexity index is 295. The standard InChI is InChI=1S/C9H13ClN2/c1-5-8(12)4-3-7(6(2)11)9(5)10/h3-4,6H,11-12H2,1-2H3/t6-/m1/s1. The maximum Gasteiger partial charge on any atom is 0.0503 e. The highest BCUT2D eigenvalue weighted by Crippen LogP contribution is 2.28. The highest BCUT2D eigenvalue weighted by Gasteiger charge is 2.08. The Hall–Kier alpha value is -0.730. The topological polar surface area (TPSA) is 52.0 Å². The van der Waals surface area contributed by atoms with E-state index in [0.717, 1.165) is 11.1 Å². The summed E-state index contributed by atoms with van der Waals surface area (Å²) in [5, 5.41) is 0.685. The van der Waals surface area contributed by atoms with Crippen molar-refractivity contribution < 1.29 is 0 Å². The van der Waals surface area contributed by atoms with Crippen molar-refractivity contribution in [2.75, 3.05) is 5.73 Å². The molecule has 0 saturated carbocycles. The van der Waals surface area contributed by atoms with E-state index in [1.54, 1.807) is 0 Å². The van der Waals surface area contributed by atoms with Gasteiger partial charge in [-0.1, -0.05) is 17.7 Å². The minimum Gasteiger partial charge on any atom is -0.398 e.